The molecule has 1 fully saturated rings. The van der Waals surface area contributed by atoms with Crippen LogP contribution in [0.1, 0.15) is 9.67 Å². The summed E-state index contributed by atoms with van der Waals surface area (Å²) in [4.78, 5) is 24.5. The molecule has 2 aromatic heterocycles. The van der Waals surface area contributed by atoms with Crippen molar-refractivity contribution in [2.45, 2.75) is 0 Å². The van der Waals surface area contributed by atoms with Gasteiger partial charge in [-0.1, -0.05) is 23.2 Å². The van der Waals surface area contributed by atoms with Gasteiger partial charge in [-0.15, -0.1) is 11.3 Å². The van der Waals surface area contributed by atoms with E-state index in [9.17, 15) is 4.79 Å². The predicted octanol–water partition coefficient (Wildman–Crippen LogP) is 4.32. The van der Waals surface area contributed by atoms with Crippen LogP contribution in [0.3, 0.4) is 0 Å². The van der Waals surface area contributed by atoms with E-state index < -0.39 is 11.7 Å². The van der Waals surface area contributed by atoms with Gasteiger partial charge in [0.1, 0.15) is 14.9 Å². The molecular formula is C20H20Cl2FN7OS. The lowest BCUT2D eigenvalue weighted by atomic mass is 10.2. The van der Waals surface area contributed by atoms with Crippen LogP contribution in [0.15, 0.2) is 29.8 Å². The van der Waals surface area contributed by atoms with Crippen LogP contribution in [0.25, 0.3) is 0 Å². The molecule has 1 aliphatic heterocycles. The number of thiophene rings is 1. The number of amides is 1. The average Bonchev–Trinajstić information content (AvgIpc) is 3.23. The number of primary amides is 1. The molecule has 0 unspecified atom stereocenters. The van der Waals surface area contributed by atoms with Crippen LogP contribution in [0, 0.1) is 5.82 Å². The van der Waals surface area contributed by atoms with Crippen molar-refractivity contribution in [3.63, 3.8) is 0 Å². The van der Waals surface area contributed by atoms with Crippen LogP contribution in [0.5, 0.6) is 0 Å². The third-order valence-electron chi connectivity index (χ3n) is 5.04. The zero-order valence-corrected chi connectivity index (χ0v) is 19.4. The van der Waals surface area contributed by atoms with Crippen molar-refractivity contribution >= 4 is 69.3 Å². The normalized spacial score (nSPS) is 14.4. The minimum absolute atomic E-state index is 0.0525. The van der Waals surface area contributed by atoms with Crippen LogP contribution in [0.4, 0.5) is 33.2 Å². The van der Waals surface area contributed by atoms with Gasteiger partial charge in [0, 0.05) is 26.2 Å². The van der Waals surface area contributed by atoms with E-state index in [0.29, 0.717) is 21.9 Å². The first kappa shape index (κ1) is 22.5. The lowest BCUT2D eigenvalue weighted by Crippen LogP contribution is -2.44. The number of rotatable bonds is 6. The van der Waals surface area contributed by atoms with E-state index >= 15 is 4.39 Å². The molecule has 8 nitrogen and oxygen atoms in total. The largest absolute Gasteiger partial charge is 0.367 e. The van der Waals surface area contributed by atoms with Gasteiger partial charge in [-0.25, -0.2) is 9.37 Å². The molecule has 0 aliphatic carbocycles. The highest BCUT2D eigenvalue weighted by molar-refractivity contribution is 7.12. The number of benzene rings is 1. The second-order valence-corrected chi connectivity index (χ2v) is 8.92. The quantitative estimate of drug-likeness (QED) is 0.468. The van der Waals surface area contributed by atoms with Crippen molar-refractivity contribution < 1.29 is 9.18 Å². The van der Waals surface area contributed by atoms with Gasteiger partial charge in [0.05, 0.1) is 23.3 Å². The molecule has 1 amide bonds. The molecule has 0 atom stereocenters. The fourth-order valence-electron chi connectivity index (χ4n) is 3.29. The molecule has 3 heterocycles. The van der Waals surface area contributed by atoms with E-state index in [1.807, 2.05) is 11.9 Å². The number of hydrogen-bond donors (Lipinski definition) is 3. The number of nitrogens with one attached hydrogen (secondary N) is 2. The number of carbonyl (C=O) groups excluding carboxylic acids is 1. The number of halogens is 3. The maximum Gasteiger partial charge on any atom is 0.260 e. The summed E-state index contributed by atoms with van der Waals surface area (Å²) in [6.45, 7) is 3.16. The standard InChI is InChI=1S/C20H20Cl2FN7OS/c1-29-5-7-30(8-6-29)14-3-2-12(15(22)16(14)23)27-20-25-10-11(21)19(28-20)26-13-4-9-32-17(13)18(24)31/h2-4,9-10H,5-8H2,1H3,(H2,24,31)(H2,25,26,27,28). The summed E-state index contributed by atoms with van der Waals surface area (Å²) < 4.78 is 15.0. The Labute approximate surface area is 198 Å². The number of hydrogen-bond acceptors (Lipinski definition) is 8. The molecule has 0 radical (unpaired) electrons. The Balaban J connectivity index is 1.55. The predicted molar refractivity (Wildman–Crippen MR) is 128 cm³/mol. The number of nitrogens with two attached hydrogens (primary N) is 1. The van der Waals surface area contributed by atoms with Gasteiger partial charge in [0.15, 0.2) is 11.6 Å². The fourth-order valence-corrected chi connectivity index (χ4v) is 4.34. The molecule has 12 heteroatoms. The number of anilines is 5. The van der Waals surface area contributed by atoms with Crippen molar-refractivity contribution in [1.82, 2.24) is 14.9 Å². The first-order valence-corrected chi connectivity index (χ1v) is 11.3. The maximum absolute atomic E-state index is 15.0. The Morgan fingerprint density at radius 2 is 1.91 bits per heavy atom. The maximum atomic E-state index is 15.0. The minimum Gasteiger partial charge on any atom is -0.367 e. The molecule has 32 heavy (non-hydrogen) atoms. The third kappa shape index (κ3) is 4.73. The Bertz CT molecular complexity index is 1150. The molecule has 0 bridgehead atoms. The minimum atomic E-state index is -0.561. The average molecular weight is 496 g/mol. The Morgan fingerprint density at radius 3 is 2.62 bits per heavy atom. The Morgan fingerprint density at radius 1 is 1.16 bits per heavy atom. The van der Waals surface area contributed by atoms with Crippen molar-refractivity contribution in [2.24, 2.45) is 5.73 Å². The van der Waals surface area contributed by atoms with Gasteiger partial charge in [-0.2, -0.15) is 4.98 Å². The second kappa shape index (κ2) is 9.45. The van der Waals surface area contributed by atoms with Crippen molar-refractivity contribution in [1.29, 1.82) is 0 Å². The molecule has 1 saturated heterocycles. The molecule has 168 valence electrons. The van der Waals surface area contributed by atoms with Crippen molar-refractivity contribution in [3.8, 4) is 0 Å². The summed E-state index contributed by atoms with van der Waals surface area (Å²) in [7, 11) is 2.04. The highest BCUT2D eigenvalue weighted by atomic mass is 35.5. The third-order valence-corrected chi connectivity index (χ3v) is 6.61. The fraction of sp³-hybridized carbons (Fsp3) is 0.250. The number of piperazine rings is 1. The number of carbonyl (C=O) groups is 1. The zero-order chi connectivity index (χ0) is 22.8. The van der Waals surface area contributed by atoms with E-state index in [2.05, 4.69) is 25.5 Å². The van der Waals surface area contributed by atoms with Crippen LogP contribution in [0.2, 0.25) is 10.0 Å². The smallest absolute Gasteiger partial charge is 0.260 e. The SMILES string of the molecule is CN1CCN(c2ccc(Nc3ncc(Cl)c(Nc4ccsc4C(N)=O)n3)c(Cl)c2F)CC1. The van der Waals surface area contributed by atoms with E-state index in [-0.39, 0.29) is 21.8 Å². The molecule has 4 N–H and O–H groups in total. The number of aromatic nitrogens is 2. The van der Waals surface area contributed by atoms with Gasteiger partial charge >= 0.3 is 0 Å². The first-order chi connectivity index (χ1) is 15.3. The van der Waals surface area contributed by atoms with Crippen LogP contribution >= 0.6 is 34.5 Å². The first-order valence-electron chi connectivity index (χ1n) is 9.69. The van der Waals surface area contributed by atoms with E-state index in [4.69, 9.17) is 28.9 Å². The summed E-state index contributed by atoms with van der Waals surface area (Å²) in [5.41, 5.74) is 6.65. The molecule has 0 saturated carbocycles. The second-order valence-electron chi connectivity index (χ2n) is 7.22. The number of likely N-dealkylation sites (N-methyl/N-ethyl adjacent to an activating group) is 1. The summed E-state index contributed by atoms with van der Waals surface area (Å²) in [6, 6.07) is 5.07. The van der Waals surface area contributed by atoms with Gasteiger partial charge in [-0.05, 0) is 30.6 Å². The van der Waals surface area contributed by atoms with Gasteiger partial charge in [-0.3, -0.25) is 4.79 Å². The van der Waals surface area contributed by atoms with E-state index in [1.165, 1.54) is 17.5 Å². The van der Waals surface area contributed by atoms with Crippen molar-refractivity contribution in [3.05, 3.63) is 50.5 Å². The molecule has 4 rings (SSSR count). The monoisotopic (exact) mass is 495 g/mol. The molecule has 0 spiro atoms. The van der Waals surface area contributed by atoms with Crippen LogP contribution in [-0.2, 0) is 0 Å². The number of nitrogens with zero attached hydrogens (tertiary/aromatic N) is 4. The zero-order valence-electron chi connectivity index (χ0n) is 17.0. The Hall–Kier alpha value is -2.66. The summed E-state index contributed by atoms with van der Waals surface area (Å²) >= 11 is 13.7. The highest BCUT2D eigenvalue weighted by Gasteiger charge is 2.21. The molecule has 1 aromatic carbocycles. The Kier molecular flexibility index (Phi) is 6.66. The van der Waals surface area contributed by atoms with Gasteiger partial charge in [0.2, 0.25) is 5.95 Å². The lowest BCUT2D eigenvalue weighted by Gasteiger charge is -2.34. The van der Waals surface area contributed by atoms with Crippen molar-refractivity contribution in [2.75, 3.05) is 48.8 Å². The highest BCUT2D eigenvalue weighted by Crippen LogP contribution is 2.35. The topological polar surface area (TPSA) is 99.4 Å². The van der Waals surface area contributed by atoms with Crippen LogP contribution in [-0.4, -0.2) is 54.0 Å². The van der Waals surface area contributed by atoms with Crippen LogP contribution < -0.4 is 21.3 Å². The molecule has 3 aromatic rings. The summed E-state index contributed by atoms with van der Waals surface area (Å²) in [6.07, 6.45) is 1.39. The lowest BCUT2D eigenvalue weighted by molar-refractivity contribution is 0.100. The molecule has 1 aliphatic rings. The van der Waals surface area contributed by atoms with Gasteiger partial charge in [0.25, 0.3) is 5.91 Å². The van der Waals surface area contributed by atoms with Gasteiger partial charge < -0.3 is 26.2 Å². The summed E-state index contributed by atoms with van der Waals surface area (Å²) in [5, 5.41) is 7.81. The van der Waals surface area contributed by atoms with E-state index in [1.54, 1.807) is 23.6 Å². The summed E-state index contributed by atoms with van der Waals surface area (Å²) in [5.74, 6) is -0.649. The molecular weight excluding hydrogens is 476 g/mol. The van der Waals surface area contributed by atoms with E-state index in [0.717, 1.165) is 26.2 Å².